The van der Waals surface area contributed by atoms with Gasteiger partial charge in [0, 0.05) is 28.0 Å². The van der Waals surface area contributed by atoms with Crippen LogP contribution in [0.2, 0.25) is 5.02 Å². The van der Waals surface area contributed by atoms with Gasteiger partial charge >= 0.3 is 0 Å². The van der Waals surface area contributed by atoms with Gasteiger partial charge in [-0.25, -0.2) is 0 Å². The maximum Gasteiger partial charge on any atom is 0.255 e. The maximum absolute atomic E-state index is 13.6. The van der Waals surface area contributed by atoms with Crippen LogP contribution in [0, 0.1) is 11.8 Å². The van der Waals surface area contributed by atoms with Crippen molar-refractivity contribution in [2.24, 2.45) is 17.6 Å². The lowest BCUT2D eigenvalue weighted by Crippen LogP contribution is -2.66. The number of amides is 1. The summed E-state index contributed by atoms with van der Waals surface area (Å²) in [7, 11) is 2.97. The fourth-order valence-electron chi connectivity index (χ4n) is 5.24. The largest absolute Gasteiger partial charge is 0.508 e. The Labute approximate surface area is 199 Å². The zero-order valence-electron chi connectivity index (χ0n) is 17.4. The second-order valence-electron chi connectivity index (χ2n) is 8.47. The summed E-state index contributed by atoms with van der Waals surface area (Å²) >= 11 is 6.19. The first kappa shape index (κ1) is 25.0. The second kappa shape index (κ2) is 8.00. The van der Waals surface area contributed by atoms with Crippen molar-refractivity contribution in [1.82, 2.24) is 4.90 Å². The first-order valence-electron chi connectivity index (χ1n) is 9.69. The number of likely N-dealkylation sites (N-methyl/N-ethyl adjacent to an activating group) is 1. The monoisotopic (exact) mass is 500 g/mol. The highest BCUT2D eigenvalue weighted by atomic mass is 35.5. The predicted molar refractivity (Wildman–Crippen MR) is 118 cm³/mol. The Balaban J connectivity index is 0.00000306. The molecule has 1 aromatic carbocycles. The maximum atomic E-state index is 13.6. The van der Waals surface area contributed by atoms with E-state index in [1.807, 2.05) is 0 Å². The first-order valence-corrected chi connectivity index (χ1v) is 10.1. The van der Waals surface area contributed by atoms with Crippen molar-refractivity contribution in [3.8, 4) is 5.75 Å². The molecule has 178 valence electrons. The standard InChI is InChI=1S/C21H21ClN2O8.ClH/c1-24(2)14-7-5-6-10(16(27)12-9(25)4-3-8(22)11(12)15(6)26)18(29)21(7,32)19(30)13(17(14)28)20(23)31;/h3-4,6-7,14-15,25-27,30,32H,5H2,1-2H3,(H2,23,31);1H/t6-,7-,14+,15+,21+;/m1./s1. The quantitative estimate of drug-likeness (QED) is 0.315. The van der Waals surface area contributed by atoms with E-state index in [9.17, 15) is 39.9 Å². The highest BCUT2D eigenvalue weighted by molar-refractivity contribution is 6.32. The van der Waals surface area contributed by atoms with Crippen molar-refractivity contribution in [2.45, 2.75) is 24.2 Å². The lowest BCUT2D eigenvalue weighted by molar-refractivity contribution is -0.155. The highest BCUT2D eigenvalue weighted by Crippen LogP contribution is 2.56. The number of aromatic hydroxyl groups is 1. The van der Waals surface area contributed by atoms with Gasteiger partial charge in [0.25, 0.3) is 5.91 Å². The smallest absolute Gasteiger partial charge is 0.255 e. The molecule has 1 saturated carbocycles. The number of fused-ring (bicyclic) bond motifs is 3. The molecule has 3 aliphatic carbocycles. The number of aliphatic hydroxyl groups excluding tert-OH is 3. The van der Waals surface area contributed by atoms with Gasteiger partial charge in [-0.15, -0.1) is 12.4 Å². The molecule has 0 aliphatic heterocycles. The second-order valence-corrected chi connectivity index (χ2v) is 8.87. The number of primary amides is 1. The molecule has 0 spiro atoms. The number of halogens is 2. The number of carbonyl (C=O) groups is 3. The molecule has 1 amide bonds. The van der Waals surface area contributed by atoms with Crippen LogP contribution in [0.15, 0.2) is 29.0 Å². The van der Waals surface area contributed by atoms with Crippen LogP contribution in [0.25, 0.3) is 5.76 Å². The summed E-state index contributed by atoms with van der Waals surface area (Å²) in [6.07, 6.45) is -1.70. The Morgan fingerprint density at radius 3 is 2.36 bits per heavy atom. The summed E-state index contributed by atoms with van der Waals surface area (Å²) in [5, 5.41) is 54.4. The van der Waals surface area contributed by atoms with E-state index >= 15 is 0 Å². The van der Waals surface area contributed by atoms with E-state index < -0.39 is 75.5 Å². The van der Waals surface area contributed by atoms with Crippen LogP contribution in [0.4, 0.5) is 0 Å². The minimum atomic E-state index is -2.77. The predicted octanol–water partition coefficient (Wildman–Crippen LogP) is 0.530. The fraction of sp³-hybridized carbons (Fsp3) is 0.381. The van der Waals surface area contributed by atoms with E-state index in [0.717, 1.165) is 0 Å². The van der Waals surface area contributed by atoms with Gasteiger partial charge in [-0.2, -0.15) is 0 Å². The minimum absolute atomic E-state index is 0. The minimum Gasteiger partial charge on any atom is -0.508 e. The summed E-state index contributed by atoms with van der Waals surface area (Å²) in [6.45, 7) is 0. The molecule has 0 saturated heterocycles. The van der Waals surface area contributed by atoms with Crippen molar-refractivity contribution >= 4 is 47.2 Å². The Bertz CT molecular complexity index is 1160. The van der Waals surface area contributed by atoms with Gasteiger partial charge in [-0.05, 0) is 32.6 Å². The van der Waals surface area contributed by atoms with Crippen LogP contribution in [-0.2, 0) is 14.4 Å². The summed E-state index contributed by atoms with van der Waals surface area (Å²) in [5.74, 6) is -8.19. The topological polar surface area (TPSA) is 182 Å². The number of benzene rings is 1. The van der Waals surface area contributed by atoms with Crippen LogP contribution in [-0.4, -0.2) is 73.6 Å². The van der Waals surface area contributed by atoms with E-state index in [4.69, 9.17) is 17.3 Å². The molecular formula is C21H22Cl2N2O8. The van der Waals surface area contributed by atoms with Gasteiger partial charge in [0.2, 0.25) is 5.78 Å². The van der Waals surface area contributed by atoms with Gasteiger partial charge in [-0.3, -0.25) is 19.3 Å². The van der Waals surface area contributed by atoms with E-state index in [1.165, 1.54) is 31.1 Å². The molecule has 0 aromatic heterocycles. The molecule has 4 rings (SSSR count). The van der Waals surface area contributed by atoms with E-state index in [1.54, 1.807) is 0 Å². The van der Waals surface area contributed by atoms with Crippen LogP contribution in [0.3, 0.4) is 0 Å². The average molecular weight is 501 g/mol. The molecule has 5 atom stereocenters. The fourth-order valence-corrected chi connectivity index (χ4v) is 5.51. The molecule has 10 nitrogen and oxygen atoms in total. The molecule has 1 fully saturated rings. The number of hydrogen-bond donors (Lipinski definition) is 6. The van der Waals surface area contributed by atoms with Crippen molar-refractivity contribution in [1.29, 1.82) is 0 Å². The number of nitrogens with zero attached hydrogens (tertiary/aromatic N) is 1. The number of aliphatic hydroxyl groups is 4. The van der Waals surface area contributed by atoms with E-state index in [2.05, 4.69) is 0 Å². The van der Waals surface area contributed by atoms with Gasteiger partial charge in [0.15, 0.2) is 11.4 Å². The molecule has 0 radical (unpaired) electrons. The number of hydrogen-bond acceptors (Lipinski definition) is 9. The number of ketones is 2. The number of carbonyl (C=O) groups excluding carboxylic acids is 3. The van der Waals surface area contributed by atoms with Crippen molar-refractivity contribution < 1.29 is 39.9 Å². The van der Waals surface area contributed by atoms with Crippen LogP contribution >= 0.6 is 24.0 Å². The van der Waals surface area contributed by atoms with Crippen molar-refractivity contribution in [3.63, 3.8) is 0 Å². The average Bonchev–Trinajstić information content (AvgIpc) is 2.69. The number of Topliss-reactive ketones (excluding diaryl/α,β-unsaturated/α-hetero) is 2. The molecule has 33 heavy (non-hydrogen) atoms. The van der Waals surface area contributed by atoms with Crippen molar-refractivity contribution in [2.75, 3.05) is 14.1 Å². The Morgan fingerprint density at radius 1 is 1.21 bits per heavy atom. The van der Waals surface area contributed by atoms with E-state index in [0.29, 0.717) is 0 Å². The third kappa shape index (κ3) is 3.09. The Kier molecular flexibility index (Phi) is 6.06. The summed E-state index contributed by atoms with van der Waals surface area (Å²) in [4.78, 5) is 39.8. The third-order valence-electron chi connectivity index (χ3n) is 6.64. The molecule has 3 aliphatic rings. The molecular weight excluding hydrogens is 479 g/mol. The zero-order chi connectivity index (χ0) is 23.9. The lowest BCUT2D eigenvalue weighted by atomic mass is 9.57. The van der Waals surface area contributed by atoms with Gasteiger partial charge in [-0.1, -0.05) is 11.6 Å². The summed E-state index contributed by atoms with van der Waals surface area (Å²) in [6, 6.07) is 1.25. The molecule has 1 aromatic rings. The van der Waals surface area contributed by atoms with Crippen LogP contribution < -0.4 is 5.73 Å². The number of phenolic OH excluding ortho intramolecular Hbond substituents is 1. The summed E-state index contributed by atoms with van der Waals surface area (Å²) in [5.41, 5.74) is 0.845. The lowest BCUT2D eigenvalue weighted by Gasteiger charge is -2.51. The Morgan fingerprint density at radius 2 is 1.82 bits per heavy atom. The number of rotatable bonds is 2. The van der Waals surface area contributed by atoms with E-state index in [-0.39, 0.29) is 35.0 Å². The van der Waals surface area contributed by atoms with Gasteiger partial charge in [0.05, 0.1) is 17.7 Å². The van der Waals surface area contributed by atoms with Gasteiger partial charge < -0.3 is 31.3 Å². The Hall–Kier alpha value is -2.63. The SMILES string of the molecule is CN(C)[C@@H]1C(=O)C(C(N)=O)=C(O)[C@@]2(O)C(=O)C3=C(O)c4c(O)ccc(Cl)c4[C@@H](O)[C@@H]3C[C@H]12.Cl. The molecule has 0 heterocycles. The third-order valence-corrected chi connectivity index (χ3v) is 6.97. The van der Waals surface area contributed by atoms with Gasteiger partial charge in [0.1, 0.15) is 22.8 Å². The molecule has 7 N–H and O–H groups in total. The number of phenols is 1. The van der Waals surface area contributed by atoms with Crippen LogP contribution in [0.5, 0.6) is 5.75 Å². The molecule has 12 heteroatoms. The first-order chi connectivity index (χ1) is 14.8. The molecule has 0 bridgehead atoms. The highest BCUT2D eigenvalue weighted by Gasteiger charge is 2.65. The van der Waals surface area contributed by atoms with Crippen molar-refractivity contribution in [3.05, 3.63) is 45.2 Å². The normalized spacial score (nSPS) is 31.1. The molecule has 0 unspecified atom stereocenters. The number of nitrogens with two attached hydrogens (primary N) is 1. The zero-order valence-corrected chi connectivity index (χ0v) is 19.0. The summed E-state index contributed by atoms with van der Waals surface area (Å²) < 4.78 is 0. The van der Waals surface area contributed by atoms with Crippen LogP contribution in [0.1, 0.15) is 23.7 Å².